The molecule has 0 atom stereocenters. The molecule has 0 bridgehead atoms. The molecule has 11 heteroatoms. The van der Waals surface area contributed by atoms with Gasteiger partial charge in [0.2, 0.25) is 0 Å². The maximum absolute atomic E-state index is 13.1. The first-order valence-electron chi connectivity index (χ1n) is 16.4. The highest BCUT2D eigenvalue weighted by Crippen LogP contribution is 2.34. The number of amides is 2. The summed E-state index contributed by atoms with van der Waals surface area (Å²) in [6, 6.07) is 17.1. The number of methoxy groups -OCH3 is 1. The fourth-order valence-corrected chi connectivity index (χ4v) is 7.55. The molecule has 5 rings (SSSR count). The molecule has 0 unspecified atom stereocenters. The van der Waals surface area contributed by atoms with Gasteiger partial charge >= 0.3 is 6.09 Å². The van der Waals surface area contributed by atoms with Crippen LogP contribution in [0.1, 0.15) is 85.8 Å². The van der Waals surface area contributed by atoms with E-state index >= 15 is 0 Å². The molecule has 0 spiro atoms. The number of aliphatic hydroxyl groups is 1. The topological polar surface area (TPSA) is 136 Å². The van der Waals surface area contributed by atoms with Crippen molar-refractivity contribution in [1.82, 2.24) is 9.29 Å². The molecular formula is C37H45N3O7S. The molecular weight excluding hydrogens is 630 g/mol. The minimum Gasteiger partial charge on any atom is -0.496 e. The first-order chi connectivity index (χ1) is 22.8. The summed E-state index contributed by atoms with van der Waals surface area (Å²) in [6.45, 7) is 6.01. The zero-order chi connectivity index (χ0) is 34.5. The zero-order valence-corrected chi connectivity index (χ0v) is 28.9. The Bertz CT molecular complexity index is 1890. The molecule has 1 aliphatic rings. The predicted molar refractivity (Wildman–Crippen MR) is 186 cm³/mol. The zero-order valence-electron chi connectivity index (χ0n) is 28.0. The molecule has 256 valence electrons. The maximum Gasteiger partial charge on any atom is 0.411 e. The van der Waals surface area contributed by atoms with Gasteiger partial charge in [0.15, 0.2) is 0 Å². The maximum atomic E-state index is 13.1. The number of unbranched alkanes of at least 4 members (excludes halogenated alkanes) is 1. The lowest BCUT2D eigenvalue weighted by Gasteiger charge is -2.16. The summed E-state index contributed by atoms with van der Waals surface area (Å²) in [7, 11) is -2.58. The lowest BCUT2D eigenvalue weighted by atomic mass is 10.0. The summed E-state index contributed by atoms with van der Waals surface area (Å²) in [6.07, 6.45) is 8.16. The molecule has 4 aromatic rings. The van der Waals surface area contributed by atoms with Crippen LogP contribution >= 0.6 is 0 Å². The first kappa shape index (κ1) is 35.0. The highest BCUT2D eigenvalue weighted by atomic mass is 32.2. The molecule has 48 heavy (non-hydrogen) atoms. The Labute approximate surface area is 282 Å². The Morgan fingerprint density at radius 3 is 2.46 bits per heavy atom. The number of sulfonamides is 1. The van der Waals surface area contributed by atoms with Gasteiger partial charge in [-0.1, -0.05) is 30.3 Å². The Morgan fingerprint density at radius 1 is 1.00 bits per heavy atom. The third-order valence-electron chi connectivity index (χ3n) is 8.78. The van der Waals surface area contributed by atoms with E-state index < -0.39 is 27.6 Å². The molecule has 10 nitrogen and oxygen atoms in total. The second-order valence-corrected chi connectivity index (χ2v) is 14.8. The van der Waals surface area contributed by atoms with Crippen LogP contribution in [-0.2, 0) is 27.7 Å². The summed E-state index contributed by atoms with van der Waals surface area (Å²) in [4.78, 5) is 26.1. The highest BCUT2D eigenvalue weighted by Gasteiger charge is 2.23. The standard InChI is InChI=1S/C37H45N3O7S/c1-25-12-5-8-17-33(25)48(44,45)39-35(41)27-19-18-26(32(23-27)46-4)22-28-24-40(21-10-9-20-37(2,3)43)31-16-11-15-30(34(28)31)38-36(42)47-29-13-6-7-14-29/h5,8,11-12,15-19,23-24,29,43H,6-7,9-10,13-14,20-22H2,1-4H3,(H,38,42)(H,39,41). The number of anilines is 1. The van der Waals surface area contributed by atoms with Gasteiger partial charge in [-0.2, -0.15) is 0 Å². The van der Waals surface area contributed by atoms with E-state index in [4.69, 9.17) is 9.47 Å². The van der Waals surface area contributed by atoms with E-state index in [1.807, 2.05) is 32.0 Å². The van der Waals surface area contributed by atoms with Crippen LogP contribution in [0, 0.1) is 6.92 Å². The summed E-state index contributed by atoms with van der Waals surface area (Å²) >= 11 is 0. The molecule has 1 saturated carbocycles. The molecule has 1 aromatic heterocycles. The number of hydrogen-bond acceptors (Lipinski definition) is 7. The lowest BCUT2D eigenvalue weighted by molar-refractivity contribution is 0.0679. The summed E-state index contributed by atoms with van der Waals surface area (Å²) in [5.74, 6) is -0.342. The fourth-order valence-electron chi connectivity index (χ4n) is 6.33. The Balaban J connectivity index is 1.42. The van der Waals surface area contributed by atoms with Crippen LogP contribution < -0.4 is 14.8 Å². The van der Waals surface area contributed by atoms with E-state index in [2.05, 4.69) is 20.8 Å². The highest BCUT2D eigenvalue weighted by molar-refractivity contribution is 7.90. The van der Waals surface area contributed by atoms with Gasteiger partial charge in [0.25, 0.3) is 15.9 Å². The Morgan fingerprint density at radius 2 is 1.75 bits per heavy atom. The summed E-state index contributed by atoms with van der Waals surface area (Å²) < 4.78 is 41.6. The monoisotopic (exact) mass is 675 g/mol. The second-order valence-electron chi connectivity index (χ2n) is 13.2. The van der Waals surface area contributed by atoms with E-state index in [0.717, 1.165) is 60.6 Å². The van der Waals surface area contributed by atoms with Crippen molar-refractivity contribution in [3.8, 4) is 5.75 Å². The van der Waals surface area contributed by atoms with Crippen LogP contribution in [0.5, 0.6) is 5.75 Å². The van der Waals surface area contributed by atoms with E-state index in [1.165, 1.54) is 19.2 Å². The third kappa shape index (κ3) is 8.56. The Hall–Kier alpha value is -4.35. The molecule has 0 saturated heterocycles. The quantitative estimate of drug-likeness (QED) is 0.129. The summed E-state index contributed by atoms with van der Waals surface area (Å²) in [5.41, 5.74) is 3.23. The number of hydrogen-bond donors (Lipinski definition) is 3. The molecule has 3 N–H and O–H groups in total. The SMILES string of the molecule is COc1cc(C(=O)NS(=O)(=O)c2ccccc2C)ccc1Cc1cn(CCCCC(C)(C)O)c2cccc(NC(=O)OC3CCCC3)c12. The van der Waals surface area contributed by atoms with Crippen LogP contribution in [0.2, 0.25) is 0 Å². The molecule has 1 fully saturated rings. The Kier molecular flexibility index (Phi) is 10.8. The van der Waals surface area contributed by atoms with Gasteiger partial charge in [-0.25, -0.2) is 17.9 Å². The molecule has 0 radical (unpaired) electrons. The minimum atomic E-state index is -4.08. The fraction of sp³-hybridized carbons (Fsp3) is 0.405. The van der Waals surface area contributed by atoms with E-state index in [-0.39, 0.29) is 16.6 Å². The number of rotatable bonds is 13. The smallest absolute Gasteiger partial charge is 0.411 e. The van der Waals surface area contributed by atoms with Gasteiger partial charge in [0.05, 0.1) is 28.8 Å². The van der Waals surface area contributed by atoms with Gasteiger partial charge in [0.1, 0.15) is 11.9 Å². The van der Waals surface area contributed by atoms with Crippen LogP contribution in [-0.4, -0.2) is 48.9 Å². The van der Waals surface area contributed by atoms with Crippen molar-refractivity contribution >= 4 is 38.6 Å². The van der Waals surface area contributed by atoms with Gasteiger partial charge in [0, 0.05) is 30.1 Å². The number of nitrogens with zero attached hydrogens (tertiary/aromatic N) is 1. The number of ether oxygens (including phenoxy) is 2. The van der Waals surface area contributed by atoms with Crippen LogP contribution in [0.3, 0.4) is 0 Å². The average Bonchev–Trinajstić information content (AvgIpc) is 3.67. The minimum absolute atomic E-state index is 0.0370. The van der Waals surface area contributed by atoms with Crippen molar-refractivity contribution < 1.29 is 32.6 Å². The number of aromatic nitrogens is 1. The van der Waals surface area contributed by atoms with Crippen LogP contribution in [0.4, 0.5) is 10.5 Å². The third-order valence-corrected chi connectivity index (χ3v) is 10.3. The predicted octanol–water partition coefficient (Wildman–Crippen LogP) is 7.10. The number of carbonyl (C=O) groups excluding carboxylic acids is 2. The van der Waals surface area contributed by atoms with E-state index in [0.29, 0.717) is 36.4 Å². The number of aryl methyl sites for hydroxylation is 2. The molecule has 1 aliphatic carbocycles. The van der Waals surface area contributed by atoms with Crippen molar-refractivity contribution in [3.63, 3.8) is 0 Å². The second kappa shape index (κ2) is 14.8. The summed E-state index contributed by atoms with van der Waals surface area (Å²) in [5, 5.41) is 14.0. The van der Waals surface area contributed by atoms with Crippen molar-refractivity contribution in [2.45, 2.75) is 95.3 Å². The lowest BCUT2D eigenvalue weighted by Crippen LogP contribution is -2.31. The molecule has 2 amide bonds. The van der Waals surface area contributed by atoms with Crippen molar-refractivity contribution in [3.05, 3.63) is 89.1 Å². The van der Waals surface area contributed by atoms with Crippen LogP contribution in [0.25, 0.3) is 10.9 Å². The number of nitrogens with one attached hydrogen (secondary N) is 2. The number of benzene rings is 3. The number of carbonyl (C=O) groups is 2. The largest absolute Gasteiger partial charge is 0.496 e. The molecule has 1 heterocycles. The van der Waals surface area contributed by atoms with Crippen molar-refractivity contribution in [2.24, 2.45) is 0 Å². The van der Waals surface area contributed by atoms with Gasteiger partial charge in [-0.15, -0.1) is 0 Å². The van der Waals surface area contributed by atoms with E-state index in [9.17, 15) is 23.1 Å². The normalized spacial score (nSPS) is 13.9. The van der Waals surface area contributed by atoms with Gasteiger partial charge < -0.3 is 19.1 Å². The van der Waals surface area contributed by atoms with Crippen molar-refractivity contribution in [2.75, 3.05) is 12.4 Å². The van der Waals surface area contributed by atoms with Crippen LogP contribution in [0.15, 0.2) is 71.8 Å². The average molecular weight is 676 g/mol. The van der Waals surface area contributed by atoms with E-state index in [1.54, 1.807) is 37.3 Å². The number of fused-ring (bicyclic) bond motifs is 1. The molecule has 0 aliphatic heterocycles. The van der Waals surface area contributed by atoms with Gasteiger partial charge in [-0.05, 0) is 113 Å². The van der Waals surface area contributed by atoms with Crippen molar-refractivity contribution in [1.29, 1.82) is 0 Å². The molecule has 3 aromatic carbocycles. The first-order valence-corrected chi connectivity index (χ1v) is 17.9. The van der Waals surface area contributed by atoms with Gasteiger partial charge in [-0.3, -0.25) is 10.1 Å².